The predicted molar refractivity (Wildman–Crippen MR) is 89.1 cm³/mol. The Bertz CT molecular complexity index is 862. The highest BCUT2D eigenvalue weighted by molar-refractivity contribution is 7.91. The minimum Gasteiger partial charge on any atom is -0.506 e. The molecule has 0 amide bonds. The lowest BCUT2D eigenvalue weighted by Crippen LogP contribution is -2.32. The van der Waals surface area contributed by atoms with Crippen molar-refractivity contribution < 1.29 is 27.0 Å². The van der Waals surface area contributed by atoms with E-state index in [1.807, 2.05) is 4.72 Å². The van der Waals surface area contributed by atoms with Gasteiger partial charge in [-0.25, -0.2) is 22.2 Å². The van der Waals surface area contributed by atoms with Crippen molar-refractivity contribution in [1.82, 2.24) is 9.44 Å². The molecule has 0 spiro atoms. The summed E-state index contributed by atoms with van der Waals surface area (Å²) in [6.45, 7) is 3.29. The van der Waals surface area contributed by atoms with Crippen LogP contribution >= 0.6 is 0 Å². The minimum atomic E-state index is -3.98. The molecule has 11 heteroatoms. The van der Waals surface area contributed by atoms with Crippen molar-refractivity contribution in [3.05, 3.63) is 35.8 Å². The predicted octanol–water partition coefficient (Wildman–Crippen LogP) is 0.274. The first-order valence-corrected chi connectivity index (χ1v) is 10.0. The maximum absolute atomic E-state index is 11.8. The Morgan fingerprint density at radius 3 is 2.46 bits per heavy atom. The molecule has 0 bridgehead atoms. The molecular weight excluding hydrogens is 358 g/mol. The van der Waals surface area contributed by atoms with Gasteiger partial charge in [0.05, 0.1) is 11.4 Å². The van der Waals surface area contributed by atoms with Crippen molar-refractivity contribution in [2.24, 2.45) is 0 Å². The average Bonchev–Trinajstić information content (AvgIpc) is 2.71. The highest BCUT2D eigenvalue weighted by Crippen LogP contribution is 2.32. The highest BCUT2D eigenvalue weighted by Gasteiger charge is 2.30. The number of hydrogen-bond acceptors (Lipinski definition) is 6. The van der Waals surface area contributed by atoms with Gasteiger partial charge in [0.15, 0.2) is 0 Å². The SMILES string of the molecule is CC(C)S(=O)(=O)NCCc1ccc(N2C=C(O)NS2(=O)=O)c(O)c1. The standard InChI is InChI=1S/C13H19N3O6S2/c1-9(2)23(19,20)14-6-5-10-3-4-11(12(17)7-10)16-8-13(18)15-24(16,21)22/h3-4,7-9,14-15,17-18H,5-6H2,1-2H3. The van der Waals surface area contributed by atoms with Gasteiger partial charge in [-0.3, -0.25) is 0 Å². The van der Waals surface area contributed by atoms with Crippen LogP contribution in [0.1, 0.15) is 19.4 Å². The molecule has 24 heavy (non-hydrogen) atoms. The average molecular weight is 377 g/mol. The third-order valence-corrected chi connectivity index (χ3v) is 6.48. The van der Waals surface area contributed by atoms with Crippen LogP contribution in [0.2, 0.25) is 0 Å². The topological polar surface area (TPSA) is 136 Å². The number of anilines is 1. The van der Waals surface area contributed by atoms with Crippen LogP contribution in [0.25, 0.3) is 0 Å². The molecule has 0 aromatic heterocycles. The Labute approximate surface area is 140 Å². The van der Waals surface area contributed by atoms with E-state index < -0.39 is 31.4 Å². The molecular formula is C13H19N3O6S2. The molecule has 0 saturated carbocycles. The fourth-order valence-corrected chi connectivity index (χ4v) is 3.79. The van der Waals surface area contributed by atoms with Gasteiger partial charge in [0.2, 0.25) is 15.9 Å². The number of rotatable bonds is 6. The van der Waals surface area contributed by atoms with E-state index in [1.54, 1.807) is 19.9 Å². The van der Waals surface area contributed by atoms with Crippen LogP contribution in [-0.4, -0.2) is 38.8 Å². The molecule has 0 saturated heterocycles. The lowest BCUT2D eigenvalue weighted by molar-refractivity contribution is 0.392. The van der Waals surface area contributed by atoms with Gasteiger partial charge in [0.1, 0.15) is 11.4 Å². The van der Waals surface area contributed by atoms with Gasteiger partial charge in [-0.15, -0.1) is 0 Å². The Balaban J connectivity index is 2.11. The first-order valence-electron chi connectivity index (χ1n) is 7.06. The maximum atomic E-state index is 11.8. The lowest BCUT2D eigenvalue weighted by atomic mass is 10.1. The summed E-state index contributed by atoms with van der Waals surface area (Å²) in [5.41, 5.74) is 0.596. The molecule has 4 N–H and O–H groups in total. The van der Waals surface area contributed by atoms with E-state index in [1.165, 1.54) is 12.1 Å². The Hall–Kier alpha value is -1.98. The number of nitrogens with one attached hydrogen (secondary N) is 2. The van der Waals surface area contributed by atoms with E-state index in [-0.39, 0.29) is 18.0 Å². The lowest BCUT2D eigenvalue weighted by Gasteiger charge is -2.16. The van der Waals surface area contributed by atoms with Crippen LogP contribution in [0.5, 0.6) is 5.75 Å². The molecule has 2 rings (SSSR count). The van der Waals surface area contributed by atoms with Gasteiger partial charge < -0.3 is 10.2 Å². The third kappa shape index (κ3) is 3.91. The number of aliphatic hydroxyl groups excluding tert-OH is 1. The van der Waals surface area contributed by atoms with Crippen molar-refractivity contribution in [2.45, 2.75) is 25.5 Å². The van der Waals surface area contributed by atoms with E-state index in [2.05, 4.69) is 4.72 Å². The first kappa shape index (κ1) is 18.4. The Morgan fingerprint density at radius 2 is 1.96 bits per heavy atom. The molecule has 0 fully saturated rings. The molecule has 9 nitrogen and oxygen atoms in total. The molecule has 0 unspecified atom stereocenters. The number of aromatic hydroxyl groups is 1. The van der Waals surface area contributed by atoms with Crippen LogP contribution in [0.15, 0.2) is 30.3 Å². The molecule has 0 atom stereocenters. The van der Waals surface area contributed by atoms with Crippen molar-refractivity contribution in [1.29, 1.82) is 0 Å². The largest absolute Gasteiger partial charge is 0.506 e. The van der Waals surface area contributed by atoms with Crippen molar-refractivity contribution in [3.8, 4) is 5.75 Å². The van der Waals surface area contributed by atoms with Gasteiger partial charge in [0, 0.05) is 6.54 Å². The van der Waals surface area contributed by atoms with E-state index in [0.717, 1.165) is 6.20 Å². The summed E-state index contributed by atoms with van der Waals surface area (Å²) in [5, 5.41) is 18.8. The fraction of sp³-hybridized carbons (Fsp3) is 0.385. The summed E-state index contributed by atoms with van der Waals surface area (Å²) in [4.78, 5) is 0. The number of benzene rings is 1. The number of aliphatic hydroxyl groups is 1. The maximum Gasteiger partial charge on any atom is 0.330 e. The van der Waals surface area contributed by atoms with Crippen LogP contribution in [0.4, 0.5) is 5.69 Å². The first-order chi connectivity index (χ1) is 11.0. The van der Waals surface area contributed by atoms with Gasteiger partial charge in [-0.2, -0.15) is 8.42 Å². The summed E-state index contributed by atoms with van der Waals surface area (Å²) in [6.07, 6.45) is 1.26. The second-order valence-electron chi connectivity index (χ2n) is 5.48. The number of hydrogen-bond donors (Lipinski definition) is 4. The zero-order valence-corrected chi connectivity index (χ0v) is 14.7. The molecule has 0 radical (unpaired) electrons. The Morgan fingerprint density at radius 1 is 1.29 bits per heavy atom. The van der Waals surface area contributed by atoms with Crippen LogP contribution in [0, 0.1) is 0 Å². The van der Waals surface area contributed by atoms with Crippen molar-refractivity contribution >= 4 is 25.9 Å². The number of nitrogens with zero attached hydrogens (tertiary/aromatic N) is 1. The second kappa shape index (κ2) is 6.49. The van der Waals surface area contributed by atoms with E-state index in [4.69, 9.17) is 0 Å². The van der Waals surface area contributed by atoms with E-state index >= 15 is 0 Å². The fourth-order valence-electron chi connectivity index (χ4n) is 2.00. The van der Waals surface area contributed by atoms with Crippen LogP contribution < -0.4 is 13.7 Å². The van der Waals surface area contributed by atoms with Crippen LogP contribution in [0.3, 0.4) is 0 Å². The van der Waals surface area contributed by atoms with Gasteiger partial charge >= 0.3 is 10.2 Å². The summed E-state index contributed by atoms with van der Waals surface area (Å²) in [7, 11) is -7.35. The van der Waals surface area contributed by atoms with E-state index in [0.29, 0.717) is 16.3 Å². The monoisotopic (exact) mass is 377 g/mol. The summed E-state index contributed by atoms with van der Waals surface area (Å²) < 4.78 is 51.9. The number of phenolic OH excluding ortho intramolecular Hbond substituents is 1. The second-order valence-corrected chi connectivity index (χ2v) is 9.35. The molecule has 1 aliphatic heterocycles. The van der Waals surface area contributed by atoms with E-state index in [9.17, 15) is 27.0 Å². The zero-order chi connectivity index (χ0) is 18.1. The normalized spacial score (nSPS) is 17.0. The molecule has 0 aliphatic carbocycles. The smallest absolute Gasteiger partial charge is 0.330 e. The van der Waals surface area contributed by atoms with Gasteiger partial charge in [-0.05, 0) is 38.0 Å². The summed E-state index contributed by atoms with van der Waals surface area (Å²) in [5.74, 6) is -0.864. The number of sulfonamides is 1. The molecule has 1 heterocycles. The third-order valence-electron chi connectivity index (χ3n) is 3.35. The van der Waals surface area contributed by atoms with Crippen LogP contribution in [-0.2, 0) is 26.7 Å². The highest BCUT2D eigenvalue weighted by atomic mass is 32.2. The minimum absolute atomic E-state index is 0.0296. The van der Waals surface area contributed by atoms with Crippen molar-refractivity contribution in [3.63, 3.8) is 0 Å². The molecule has 1 aromatic carbocycles. The quantitative estimate of drug-likeness (QED) is 0.562. The number of phenols is 1. The Kier molecular flexibility index (Phi) is 4.97. The summed E-state index contributed by atoms with van der Waals surface area (Å²) in [6, 6.07) is 4.28. The summed E-state index contributed by atoms with van der Waals surface area (Å²) >= 11 is 0. The molecule has 1 aromatic rings. The van der Waals surface area contributed by atoms with Gasteiger partial charge in [0.25, 0.3) is 0 Å². The molecule has 134 valence electrons. The molecule has 1 aliphatic rings. The zero-order valence-electron chi connectivity index (χ0n) is 13.1. The van der Waals surface area contributed by atoms with Gasteiger partial charge in [-0.1, -0.05) is 6.07 Å². The van der Waals surface area contributed by atoms with Crippen molar-refractivity contribution in [2.75, 3.05) is 10.8 Å².